The standard InChI is InChI=1S/C15H20F3NO5S/c1-19(2)6-4-5-11-7-12(14(20)23-3)9-13(8-11)24-25(21,22)10-15(16,17)18/h7-9H,4-6,10H2,1-3H3. The molecule has 0 saturated carbocycles. The van der Waals surface area contributed by atoms with Gasteiger partial charge in [-0.25, -0.2) is 4.79 Å². The number of carbonyl (C=O) groups is 1. The van der Waals surface area contributed by atoms with E-state index in [0.29, 0.717) is 18.4 Å². The van der Waals surface area contributed by atoms with Gasteiger partial charge in [0, 0.05) is 0 Å². The van der Waals surface area contributed by atoms with E-state index in [1.165, 1.54) is 12.1 Å². The molecule has 0 spiro atoms. The first-order valence-corrected chi connectivity index (χ1v) is 8.85. The van der Waals surface area contributed by atoms with Crippen molar-refractivity contribution in [2.45, 2.75) is 19.0 Å². The van der Waals surface area contributed by atoms with E-state index in [-0.39, 0.29) is 11.3 Å². The molecule has 1 aromatic rings. The second-order valence-electron chi connectivity index (χ2n) is 5.66. The second kappa shape index (κ2) is 8.52. The Balaban J connectivity index is 3.06. The van der Waals surface area contributed by atoms with Gasteiger partial charge in [-0.2, -0.15) is 21.6 Å². The van der Waals surface area contributed by atoms with Gasteiger partial charge in [0.25, 0.3) is 0 Å². The SMILES string of the molecule is COC(=O)c1cc(CCCN(C)C)cc(OS(=O)(=O)CC(F)(F)F)c1. The lowest BCUT2D eigenvalue weighted by Gasteiger charge is -2.13. The molecule has 0 fully saturated rings. The molecule has 0 bridgehead atoms. The van der Waals surface area contributed by atoms with E-state index in [0.717, 1.165) is 19.7 Å². The maximum atomic E-state index is 12.3. The molecule has 0 aliphatic heterocycles. The summed E-state index contributed by atoms with van der Waals surface area (Å²) in [4.78, 5) is 13.6. The fourth-order valence-electron chi connectivity index (χ4n) is 2.06. The summed E-state index contributed by atoms with van der Waals surface area (Å²) in [6, 6.07) is 3.83. The van der Waals surface area contributed by atoms with Crippen LogP contribution in [-0.4, -0.2) is 59.0 Å². The van der Waals surface area contributed by atoms with Crippen molar-refractivity contribution in [1.29, 1.82) is 0 Å². The lowest BCUT2D eigenvalue weighted by Crippen LogP contribution is -2.26. The van der Waals surface area contributed by atoms with E-state index in [1.54, 1.807) is 0 Å². The highest BCUT2D eigenvalue weighted by Crippen LogP contribution is 2.24. The molecule has 25 heavy (non-hydrogen) atoms. The first kappa shape index (κ1) is 21.2. The highest BCUT2D eigenvalue weighted by atomic mass is 32.2. The molecule has 0 N–H and O–H groups in total. The van der Waals surface area contributed by atoms with Crippen molar-refractivity contribution in [1.82, 2.24) is 4.90 Å². The van der Waals surface area contributed by atoms with Crippen LogP contribution in [0.1, 0.15) is 22.3 Å². The summed E-state index contributed by atoms with van der Waals surface area (Å²) in [6.07, 6.45) is -3.74. The molecule has 0 amide bonds. The monoisotopic (exact) mass is 383 g/mol. The number of methoxy groups -OCH3 is 1. The van der Waals surface area contributed by atoms with Crippen molar-refractivity contribution in [2.75, 3.05) is 33.5 Å². The van der Waals surface area contributed by atoms with Crippen LogP contribution in [0.3, 0.4) is 0 Å². The number of alkyl halides is 3. The molecule has 0 atom stereocenters. The molecule has 0 aliphatic carbocycles. The molecule has 10 heteroatoms. The predicted molar refractivity (Wildman–Crippen MR) is 85.1 cm³/mol. The van der Waals surface area contributed by atoms with Crippen LogP contribution in [0.2, 0.25) is 0 Å². The fraction of sp³-hybridized carbons (Fsp3) is 0.533. The number of aryl methyl sites for hydroxylation is 1. The number of hydrogen-bond donors (Lipinski definition) is 0. The minimum absolute atomic E-state index is 0.00191. The number of ether oxygens (including phenoxy) is 1. The van der Waals surface area contributed by atoms with Gasteiger partial charge in [-0.05, 0) is 57.2 Å². The van der Waals surface area contributed by atoms with Crippen molar-refractivity contribution in [3.8, 4) is 5.75 Å². The number of esters is 1. The molecule has 0 saturated heterocycles. The zero-order chi connectivity index (χ0) is 19.3. The Morgan fingerprint density at radius 3 is 2.36 bits per heavy atom. The van der Waals surface area contributed by atoms with Crippen molar-refractivity contribution in [3.05, 3.63) is 29.3 Å². The predicted octanol–water partition coefficient (Wildman–Crippen LogP) is 2.24. The fourth-order valence-corrected chi connectivity index (χ4v) is 2.91. The zero-order valence-electron chi connectivity index (χ0n) is 14.1. The molecular weight excluding hydrogens is 363 g/mol. The Morgan fingerprint density at radius 2 is 1.84 bits per heavy atom. The van der Waals surface area contributed by atoms with E-state index in [1.807, 2.05) is 19.0 Å². The summed E-state index contributed by atoms with van der Waals surface area (Å²) in [7, 11) is 0.0195. The summed E-state index contributed by atoms with van der Waals surface area (Å²) in [6.45, 7) is 0.741. The Morgan fingerprint density at radius 1 is 1.20 bits per heavy atom. The molecule has 1 rings (SSSR count). The smallest absolute Gasteiger partial charge is 0.406 e. The first-order chi connectivity index (χ1) is 11.4. The Bertz CT molecular complexity index is 702. The summed E-state index contributed by atoms with van der Waals surface area (Å²) in [5.41, 5.74) is 0.559. The minimum atomic E-state index is -4.92. The van der Waals surface area contributed by atoms with E-state index in [2.05, 4.69) is 8.92 Å². The highest BCUT2D eigenvalue weighted by Gasteiger charge is 2.36. The number of hydrogen-bond acceptors (Lipinski definition) is 6. The Hall–Kier alpha value is -1.81. The second-order valence-corrected chi connectivity index (χ2v) is 7.24. The van der Waals surface area contributed by atoms with E-state index in [4.69, 9.17) is 0 Å². The average Bonchev–Trinajstić information content (AvgIpc) is 2.42. The van der Waals surface area contributed by atoms with Crippen molar-refractivity contribution in [2.24, 2.45) is 0 Å². The van der Waals surface area contributed by atoms with Crippen LogP contribution in [0, 0.1) is 0 Å². The number of rotatable bonds is 8. The van der Waals surface area contributed by atoms with Gasteiger partial charge in [0.2, 0.25) is 0 Å². The van der Waals surface area contributed by atoms with Crippen LogP contribution in [0.4, 0.5) is 13.2 Å². The van der Waals surface area contributed by atoms with Crippen LogP contribution < -0.4 is 4.18 Å². The van der Waals surface area contributed by atoms with Crippen LogP contribution in [0.25, 0.3) is 0 Å². The number of carbonyl (C=O) groups excluding carboxylic acids is 1. The molecule has 142 valence electrons. The Kier molecular flexibility index (Phi) is 7.24. The third kappa shape index (κ3) is 8.21. The minimum Gasteiger partial charge on any atom is -0.465 e. The van der Waals surface area contributed by atoms with Gasteiger partial charge in [-0.15, -0.1) is 0 Å². The van der Waals surface area contributed by atoms with Gasteiger partial charge in [0.15, 0.2) is 5.75 Å². The van der Waals surface area contributed by atoms with Crippen molar-refractivity contribution >= 4 is 16.1 Å². The molecule has 0 aliphatic rings. The molecule has 0 unspecified atom stereocenters. The molecule has 6 nitrogen and oxygen atoms in total. The van der Waals surface area contributed by atoms with E-state index >= 15 is 0 Å². The third-order valence-electron chi connectivity index (χ3n) is 3.02. The van der Waals surface area contributed by atoms with Crippen molar-refractivity contribution in [3.63, 3.8) is 0 Å². The molecule has 1 aromatic carbocycles. The van der Waals surface area contributed by atoms with Crippen LogP contribution in [-0.2, 0) is 21.3 Å². The molecule has 0 radical (unpaired) electrons. The van der Waals surface area contributed by atoms with Gasteiger partial charge in [0.05, 0.1) is 12.7 Å². The topological polar surface area (TPSA) is 72.9 Å². The largest absolute Gasteiger partial charge is 0.465 e. The van der Waals surface area contributed by atoms with Gasteiger partial charge in [-0.1, -0.05) is 0 Å². The van der Waals surface area contributed by atoms with Gasteiger partial charge >= 0.3 is 22.3 Å². The lowest BCUT2D eigenvalue weighted by molar-refractivity contribution is -0.107. The van der Waals surface area contributed by atoms with E-state index < -0.39 is 28.0 Å². The molecule has 0 heterocycles. The first-order valence-electron chi connectivity index (χ1n) is 7.28. The number of benzene rings is 1. The normalized spacial score (nSPS) is 12.3. The lowest BCUT2D eigenvalue weighted by atomic mass is 10.1. The van der Waals surface area contributed by atoms with Crippen LogP contribution >= 0.6 is 0 Å². The summed E-state index contributed by atoms with van der Waals surface area (Å²) in [5.74, 6) is -3.21. The zero-order valence-corrected chi connectivity index (χ0v) is 14.9. The van der Waals surface area contributed by atoms with Crippen LogP contribution in [0.15, 0.2) is 18.2 Å². The maximum absolute atomic E-state index is 12.3. The van der Waals surface area contributed by atoms with E-state index in [9.17, 15) is 26.4 Å². The molecular formula is C15H20F3NO5S. The van der Waals surface area contributed by atoms with Gasteiger partial charge in [0.1, 0.15) is 5.75 Å². The number of halogens is 3. The van der Waals surface area contributed by atoms with Crippen molar-refractivity contribution < 1.29 is 35.3 Å². The van der Waals surface area contributed by atoms with Crippen LogP contribution in [0.5, 0.6) is 5.75 Å². The quantitative estimate of drug-likeness (QED) is 0.506. The third-order valence-corrected chi connectivity index (χ3v) is 4.15. The number of nitrogens with zero attached hydrogens (tertiary/aromatic N) is 1. The van der Waals surface area contributed by atoms with Gasteiger partial charge in [-0.3, -0.25) is 0 Å². The average molecular weight is 383 g/mol. The molecule has 0 aromatic heterocycles. The summed E-state index contributed by atoms with van der Waals surface area (Å²) < 4.78 is 69.0. The summed E-state index contributed by atoms with van der Waals surface area (Å²) >= 11 is 0. The summed E-state index contributed by atoms with van der Waals surface area (Å²) in [5, 5.41) is 0. The maximum Gasteiger partial charge on any atom is 0.406 e. The van der Waals surface area contributed by atoms with Gasteiger partial charge < -0.3 is 13.8 Å². The Labute approximate surface area is 144 Å². The highest BCUT2D eigenvalue weighted by molar-refractivity contribution is 7.87.